The van der Waals surface area contributed by atoms with Gasteiger partial charge in [-0.1, -0.05) is 12.1 Å². The number of carboxylic acids is 1. The minimum absolute atomic E-state index is 0.00588. The van der Waals surface area contributed by atoms with Crippen LogP contribution in [0.3, 0.4) is 0 Å². The van der Waals surface area contributed by atoms with Crippen LogP contribution in [0.2, 0.25) is 0 Å². The highest BCUT2D eigenvalue weighted by molar-refractivity contribution is 7.86. The van der Waals surface area contributed by atoms with Crippen LogP contribution < -0.4 is 5.32 Å². The van der Waals surface area contributed by atoms with E-state index in [9.17, 15) is 18.0 Å². The van der Waals surface area contributed by atoms with Crippen LogP contribution in [0, 0.1) is 0 Å². The van der Waals surface area contributed by atoms with Gasteiger partial charge in [-0.15, -0.1) is 0 Å². The van der Waals surface area contributed by atoms with Crippen LogP contribution in [0.15, 0.2) is 29.2 Å². The summed E-state index contributed by atoms with van der Waals surface area (Å²) in [5.74, 6) is -1.12. The molecule has 1 rings (SSSR count). The summed E-state index contributed by atoms with van der Waals surface area (Å²) in [5.41, 5.74) is -0.295. The van der Waals surface area contributed by atoms with E-state index in [4.69, 9.17) is 9.84 Å². The molecule has 140 valence electrons. The molecule has 1 amide bonds. The van der Waals surface area contributed by atoms with Crippen molar-refractivity contribution in [1.82, 2.24) is 5.32 Å². The van der Waals surface area contributed by atoms with Crippen LogP contribution >= 0.6 is 0 Å². The Kier molecular flexibility index (Phi) is 6.95. The lowest BCUT2D eigenvalue weighted by molar-refractivity contribution is -0.137. The largest absolute Gasteiger partial charge is 0.481 e. The Morgan fingerprint density at radius 3 is 2.20 bits per heavy atom. The standard InChI is InChI=1S/C16H23NO7S/c1-5-23-25(21,22)12-8-6-11(7-9-12)13(10-14(18)19)17-15(20)24-16(2,3)4/h6-9,13H,5,10H2,1-4H3,(H,17,20)(H,18,19). The molecule has 0 aliphatic heterocycles. The van der Waals surface area contributed by atoms with Crippen LogP contribution in [0.5, 0.6) is 0 Å². The molecule has 1 aromatic carbocycles. The van der Waals surface area contributed by atoms with Crippen LogP contribution in [-0.4, -0.2) is 37.8 Å². The predicted octanol–water partition coefficient (Wildman–Crippen LogP) is 2.45. The van der Waals surface area contributed by atoms with Gasteiger partial charge < -0.3 is 15.2 Å². The summed E-state index contributed by atoms with van der Waals surface area (Å²) >= 11 is 0. The maximum atomic E-state index is 11.9. The molecule has 0 saturated carbocycles. The lowest BCUT2D eigenvalue weighted by Gasteiger charge is -2.23. The number of hydrogen-bond acceptors (Lipinski definition) is 6. The first kappa shape index (κ1) is 20.9. The number of hydrogen-bond donors (Lipinski definition) is 2. The first-order valence-electron chi connectivity index (χ1n) is 7.65. The van der Waals surface area contributed by atoms with E-state index in [1.54, 1.807) is 27.7 Å². The summed E-state index contributed by atoms with van der Waals surface area (Å²) in [6.45, 7) is 6.62. The molecule has 0 heterocycles. The second kappa shape index (κ2) is 8.30. The van der Waals surface area contributed by atoms with Crippen LogP contribution in [0.1, 0.15) is 45.7 Å². The highest BCUT2D eigenvalue weighted by atomic mass is 32.2. The first-order chi connectivity index (χ1) is 11.4. The lowest BCUT2D eigenvalue weighted by Crippen LogP contribution is -2.35. The topological polar surface area (TPSA) is 119 Å². The molecule has 8 nitrogen and oxygen atoms in total. The fourth-order valence-electron chi connectivity index (χ4n) is 1.97. The number of nitrogens with one attached hydrogen (secondary N) is 1. The smallest absolute Gasteiger partial charge is 0.408 e. The van der Waals surface area contributed by atoms with Gasteiger partial charge >= 0.3 is 12.1 Å². The van der Waals surface area contributed by atoms with Crippen molar-refractivity contribution in [3.05, 3.63) is 29.8 Å². The van der Waals surface area contributed by atoms with Gasteiger partial charge in [0.15, 0.2) is 0 Å². The van der Waals surface area contributed by atoms with Crippen molar-refractivity contribution in [2.24, 2.45) is 0 Å². The number of carbonyl (C=O) groups is 2. The third-order valence-corrected chi connectivity index (χ3v) is 4.31. The molecule has 0 aromatic heterocycles. The summed E-state index contributed by atoms with van der Waals surface area (Å²) in [4.78, 5) is 22.9. The third kappa shape index (κ3) is 7.10. The van der Waals surface area contributed by atoms with Gasteiger partial charge in [-0.2, -0.15) is 8.42 Å². The highest BCUT2D eigenvalue weighted by Gasteiger charge is 2.23. The average Bonchev–Trinajstić information content (AvgIpc) is 2.44. The minimum atomic E-state index is -3.85. The van der Waals surface area contributed by atoms with E-state index >= 15 is 0 Å². The van der Waals surface area contributed by atoms with Crippen LogP contribution in [0.25, 0.3) is 0 Å². The Bertz CT molecular complexity index is 705. The molecule has 0 aliphatic rings. The Hall–Kier alpha value is -2.13. The van der Waals surface area contributed by atoms with Gasteiger partial charge in [-0.05, 0) is 45.4 Å². The van der Waals surface area contributed by atoms with Crippen molar-refractivity contribution in [1.29, 1.82) is 0 Å². The van der Waals surface area contributed by atoms with Crippen molar-refractivity contribution >= 4 is 22.2 Å². The summed E-state index contributed by atoms with van der Waals surface area (Å²) in [6, 6.07) is 4.59. The fraction of sp³-hybridized carbons (Fsp3) is 0.500. The van der Waals surface area contributed by atoms with Crippen molar-refractivity contribution in [3.63, 3.8) is 0 Å². The SMILES string of the molecule is CCOS(=O)(=O)c1ccc(C(CC(=O)O)NC(=O)OC(C)(C)C)cc1. The zero-order chi connectivity index (χ0) is 19.3. The molecule has 1 aromatic rings. The Balaban J connectivity index is 3.00. The molecular formula is C16H23NO7S. The van der Waals surface area contributed by atoms with Crippen molar-refractivity contribution < 1.29 is 32.0 Å². The van der Waals surface area contributed by atoms with Crippen LogP contribution in [0.4, 0.5) is 4.79 Å². The molecule has 9 heteroatoms. The van der Waals surface area contributed by atoms with Gasteiger partial charge in [0, 0.05) is 0 Å². The number of carboxylic acid groups (broad SMARTS) is 1. The number of benzene rings is 1. The summed E-state index contributed by atoms with van der Waals surface area (Å²) in [6.07, 6.45) is -1.14. The molecule has 0 aliphatic carbocycles. The Morgan fingerprint density at radius 2 is 1.76 bits per heavy atom. The van der Waals surface area contributed by atoms with E-state index in [2.05, 4.69) is 9.50 Å². The Morgan fingerprint density at radius 1 is 1.20 bits per heavy atom. The number of ether oxygens (including phenoxy) is 1. The van der Waals surface area contributed by atoms with Crippen molar-refractivity contribution in [2.75, 3.05) is 6.61 Å². The van der Waals surface area contributed by atoms with Gasteiger partial charge in [-0.3, -0.25) is 8.98 Å². The molecule has 25 heavy (non-hydrogen) atoms. The molecule has 0 spiro atoms. The summed E-state index contributed by atoms with van der Waals surface area (Å²) in [7, 11) is -3.85. The van der Waals surface area contributed by atoms with E-state index < -0.39 is 33.8 Å². The number of rotatable bonds is 7. The monoisotopic (exact) mass is 373 g/mol. The average molecular weight is 373 g/mol. The maximum absolute atomic E-state index is 11.9. The molecule has 0 fully saturated rings. The van der Waals surface area contributed by atoms with Gasteiger partial charge in [-0.25, -0.2) is 4.79 Å². The molecule has 0 radical (unpaired) electrons. The summed E-state index contributed by atoms with van der Waals surface area (Å²) in [5, 5.41) is 11.5. The quantitative estimate of drug-likeness (QED) is 0.705. The van der Waals surface area contributed by atoms with Crippen molar-refractivity contribution in [2.45, 2.75) is 50.7 Å². The van der Waals surface area contributed by atoms with Gasteiger partial charge in [0.1, 0.15) is 5.60 Å². The number of aliphatic carboxylic acids is 1. The Labute approximate surface area is 147 Å². The fourth-order valence-corrected chi connectivity index (χ4v) is 2.88. The first-order valence-corrected chi connectivity index (χ1v) is 9.06. The number of alkyl carbamates (subject to hydrolysis) is 1. The van der Waals surface area contributed by atoms with E-state index in [-0.39, 0.29) is 17.9 Å². The van der Waals surface area contributed by atoms with E-state index in [0.29, 0.717) is 5.56 Å². The molecule has 1 unspecified atom stereocenters. The zero-order valence-corrected chi connectivity index (χ0v) is 15.4. The zero-order valence-electron chi connectivity index (χ0n) is 14.6. The van der Waals surface area contributed by atoms with Gasteiger partial charge in [0.2, 0.25) is 0 Å². The predicted molar refractivity (Wildman–Crippen MR) is 89.6 cm³/mol. The van der Waals surface area contributed by atoms with E-state index in [1.807, 2.05) is 0 Å². The lowest BCUT2D eigenvalue weighted by atomic mass is 10.0. The van der Waals surface area contributed by atoms with Crippen molar-refractivity contribution in [3.8, 4) is 0 Å². The second-order valence-electron chi connectivity index (χ2n) is 6.23. The summed E-state index contributed by atoms with van der Waals surface area (Å²) < 4.78 is 33.4. The van der Waals surface area contributed by atoms with E-state index in [1.165, 1.54) is 24.3 Å². The number of amides is 1. The van der Waals surface area contributed by atoms with Gasteiger partial charge in [0.05, 0.1) is 24.0 Å². The molecule has 2 N–H and O–H groups in total. The normalized spacial score (nSPS) is 13.1. The highest BCUT2D eigenvalue weighted by Crippen LogP contribution is 2.21. The molecule has 1 atom stereocenters. The molecule has 0 saturated heterocycles. The third-order valence-electron chi connectivity index (χ3n) is 2.91. The number of carbonyl (C=O) groups excluding carboxylic acids is 1. The molecule has 0 bridgehead atoms. The van der Waals surface area contributed by atoms with E-state index in [0.717, 1.165) is 0 Å². The van der Waals surface area contributed by atoms with Gasteiger partial charge in [0.25, 0.3) is 10.1 Å². The van der Waals surface area contributed by atoms with Crippen LogP contribution in [-0.2, 0) is 23.8 Å². The molecular weight excluding hydrogens is 350 g/mol. The minimum Gasteiger partial charge on any atom is -0.481 e. The maximum Gasteiger partial charge on any atom is 0.408 e. The second-order valence-corrected chi connectivity index (χ2v) is 7.84.